The van der Waals surface area contributed by atoms with Crippen LogP contribution in [0.5, 0.6) is 5.75 Å². The summed E-state index contributed by atoms with van der Waals surface area (Å²) >= 11 is 0. The van der Waals surface area contributed by atoms with Crippen molar-refractivity contribution >= 4 is 11.6 Å². The first kappa shape index (κ1) is 12.8. The average molecular weight is 261 g/mol. The molecule has 6 heteroatoms. The molecule has 0 saturated carbocycles. The van der Waals surface area contributed by atoms with Crippen molar-refractivity contribution < 1.29 is 13.9 Å². The van der Waals surface area contributed by atoms with E-state index in [1.807, 2.05) is 0 Å². The van der Waals surface area contributed by atoms with Gasteiger partial charge in [-0.3, -0.25) is 9.78 Å². The first-order chi connectivity index (χ1) is 9.06. The summed E-state index contributed by atoms with van der Waals surface area (Å²) in [6.07, 6.45) is 2.87. The fourth-order valence-corrected chi connectivity index (χ4v) is 1.50. The highest BCUT2D eigenvalue weighted by molar-refractivity contribution is 5.92. The van der Waals surface area contributed by atoms with Crippen LogP contribution in [-0.2, 0) is 6.61 Å². The van der Waals surface area contributed by atoms with Gasteiger partial charge < -0.3 is 16.2 Å². The molecule has 19 heavy (non-hydrogen) atoms. The molecular weight excluding hydrogens is 249 g/mol. The van der Waals surface area contributed by atoms with Gasteiger partial charge in [0, 0.05) is 29.7 Å². The summed E-state index contributed by atoms with van der Waals surface area (Å²) in [4.78, 5) is 14.8. The smallest absolute Gasteiger partial charge is 0.250 e. The molecule has 98 valence electrons. The topological polar surface area (TPSA) is 91.2 Å². The quantitative estimate of drug-likeness (QED) is 0.815. The minimum Gasteiger partial charge on any atom is -0.486 e. The highest BCUT2D eigenvalue weighted by Crippen LogP contribution is 2.20. The van der Waals surface area contributed by atoms with Gasteiger partial charge in [0.1, 0.15) is 6.61 Å². The fraction of sp³-hybridized carbons (Fsp3) is 0.0769. The Hall–Kier alpha value is -2.63. The second kappa shape index (κ2) is 5.34. The first-order valence-electron chi connectivity index (χ1n) is 5.48. The standard InChI is InChI=1S/C13H12FN3O2/c14-11-4-10(15)1-2-12(11)19-7-8-3-9(13(16)18)6-17-5-8/h1-6H,7,15H2,(H2,16,18). The molecule has 4 N–H and O–H groups in total. The van der Waals surface area contributed by atoms with Crippen LogP contribution in [0.25, 0.3) is 0 Å². The Morgan fingerprint density at radius 3 is 2.79 bits per heavy atom. The van der Waals surface area contributed by atoms with Crippen molar-refractivity contribution in [2.24, 2.45) is 5.73 Å². The number of nitrogen functional groups attached to an aromatic ring is 1. The van der Waals surface area contributed by atoms with Crippen molar-refractivity contribution in [1.29, 1.82) is 0 Å². The van der Waals surface area contributed by atoms with Gasteiger partial charge in [-0.25, -0.2) is 4.39 Å². The Balaban J connectivity index is 2.10. The Kier molecular flexibility index (Phi) is 3.61. The minimum atomic E-state index is -0.576. The molecule has 0 aliphatic carbocycles. The van der Waals surface area contributed by atoms with E-state index in [9.17, 15) is 9.18 Å². The van der Waals surface area contributed by atoms with Crippen molar-refractivity contribution in [1.82, 2.24) is 4.98 Å². The van der Waals surface area contributed by atoms with Crippen molar-refractivity contribution in [3.8, 4) is 5.75 Å². The van der Waals surface area contributed by atoms with Gasteiger partial charge in [-0.05, 0) is 18.2 Å². The van der Waals surface area contributed by atoms with Gasteiger partial charge in [0.15, 0.2) is 11.6 Å². The summed E-state index contributed by atoms with van der Waals surface area (Å²) in [5.41, 5.74) is 11.8. The van der Waals surface area contributed by atoms with Crippen LogP contribution in [0.1, 0.15) is 15.9 Å². The monoisotopic (exact) mass is 261 g/mol. The van der Waals surface area contributed by atoms with Crippen LogP contribution in [0.3, 0.4) is 0 Å². The van der Waals surface area contributed by atoms with Gasteiger partial charge in [-0.15, -0.1) is 0 Å². The molecule has 1 aromatic heterocycles. The van der Waals surface area contributed by atoms with Gasteiger partial charge in [-0.2, -0.15) is 0 Å². The van der Waals surface area contributed by atoms with Crippen molar-refractivity contribution in [2.45, 2.75) is 6.61 Å². The van der Waals surface area contributed by atoms with E-state index in [-0.39, 0.29) is 17.9 Å². The number of hydrogen-bond donors (Lipinski definition) is 2. The van der Waals surface area contributed by atoms with Crippen LogP contribution in [0, 0.1) is 5.82 Å². The second-order valence-corrected chi connectivity index (χ2v) is 3.92. The van der Waals surface area contributed by atoms with Crippen LogP contribution in [0.4, 0.5) is 10.1 Å². The van der Waals surface area contributed by atoms with Gasteiger partial charge in [-0.1, -0.05) is 0 Å². The summed E-state index contributed by atoms with van der Waals surface area (Å²) in [6, 6.07) is 5.70. The van der Waals surface area contributed by atoms with Crippen LogP contribution >= 0.6 is 0 Å². The normalized spacial score (nSPS) is 10.2. The highest BCUT2D eigenvalue weighted by atomic mass is 19.1. The number of pyridine rings is 1. The lowest BCUT2D eigenvalue weighted by Crippen LogP contribution is -2.12. The number of hydrogen-bond acceptors (Lipinski definition) is 4. The van der Waals surface area contributed by atoms with E-state index >= 15 is 0 Å². The largest absolute Gasteiger partial charge is 0.486 e. The molecule has 0 radical (unpaired) electrons. The Morgan fingerprint density at radius 2 is 2.11 bits per heavy atom. The number of primary amides is 1. The van der Waals surface area contributed by atoms with Gasteiger partial charge in [0.25, 0.3) is 0 Å². The van der Waals surface area contributed by atoms with E-state index in [1.54, 1.807) is 6.07 Å². The molecule has 1 heterocycles. The molecule has 0 aliphatic heterocycles. The third-order valence-electron chi connectivity index (χ3n) is 2.43. The zero-order valence-electron chi connectivity index (χ0n) is 9.97. The molecule has 0 unspecified atom stereocenters. The number of rotatable bonds is 4. The molecule has 5 nitrogen and oxygen atoms in total. The summed E-state index contributed by atoms with van der Waals surface area (Å²) in [6.45, 7) is 0.0783. The van der Waals surface area contributed by atoms with Gasteiger partial charge in [0.05, 0.1) is 5.56 Å². The lowest BCUT2D eigenvalue weighted by molar-refractivity contribution is 0.0999. The first-order valence-corrected chi connectivity index (χ1v) is 5.48. The van der Waals surface area contributed by atoms with E-state index in [2.05, 4.69) is 4.98 Å². The van der Waals surface area contributed by atoms with Gasteiger partial charge >= 0.3 is 0 Å². The third kappa shape index (κ3) is 3.19. The maximum atomic E-state index is 13.5. The molecule has 0 atom stereocenters. The van der Waals surface area contributed by atoms with Gasteiger partial charge in [0.2, 0.25) is 5.91 Å². The number of halogens is 1. The molecule has 0 fully saturated rings. The van der Waals surface area contributed by atoms with E-state index in [1.165, 1.54) is 30.6 Å². The summed E-state index contributed by atoms with van der Waals surface area (Å²) in [7, 11) is 0. The number of nitrogens with zero attached hydrogens (tertiary/aromatic N) is 1. The summed E-state index contributed by atoms with van der Waals surface area (Å²) in [5.74, 6) is -1.04. The zero-order chi connectivity index (χ0) is 13.8. The average Bonchev–Trinajstić information content (AvgIpc) is 2.38. The number of nitrogens with two attached hydrogens (primary N) is 2. The van der Waals surface area contributed by atoms with Crippen molar-refractivity contribution in [3.63, 3.8) is 0 Å². The van der Waals surface area contributed by atoms with Crippen molar-refractivity contribution in [3.05, 3.63) is 53.6 Å². The maximum absolute atomic E-state index is 13.5. The number of amides is 1. The van der Waals surface area contributed by atoms with Crippen LogP contribution in [0.15, 0.2) is 36.7 Å². The minimum absolute atomic E-state index is 0.0783. The Labute approximate surface area is 109 Å². The number of carbonyl (C=O) groups excluding carboxylic acids is 1. The van der Waals surface area contributed by atoms with E-state index in [4.69, 9.17) is 16.2 Å². The van der Waals surface area contributed by atoms with Crippen LogP contribution in [0.2, 0.25) is 0 Å². The van der Waals surface area contributed by atoms with Crippen LogP contribution < -0.4 is 16.2 Å². The van der Waals surface area contributed by atoms with Crippen LogP contribution in [-0.4, -0.2) is 10.9 Å². The summed E-state index contributed by atoms with van der Waals surface area (Å²) < 4.78 is 18.8. The zero-order valence-corrected chi connectivity index (χ0v) is 9.97. The molecule has 2 rings (SSSR count). The SMILES string of the molecule is NC(=O)c1cncc(COc2ccc(N)cc2F)c1. The summed E-state index contributed by atoms with van der Waals surface area (Å²) in [5, 5.41) is 0. The van der Waals surface area contributed by atoms with E-state index < -0.39 is 11.7 Å². The molecular formula is C13H12FN3O2. The molecule has 1 aromatic carbocycles. The molecule has 0 saturated heterocycles. The molecule has 0 aliphatic rings. The van der Waals surface area contributed by atoms with Crippen molar-refractivity contribution in [2.75, 3.05) is 5.73 Å². The second-order valence-electron chi connectivity index (χ2n) is 3.92. The lowest BCUT2D eigenvalue weighted by Gasteiger charge is -2.08. The third-order valence-corrected chi connectivity index (χ3v) is 2.43. The molecule has 0 spiro atoms. The Bertz CT molecular complexity index is 617. The predicted octanol–water partition coefficient (Wildman–Crippen LogP) is 1.48. The molecule has 0 bridgehead atoms. The molecule has 2 aromatic rings. The van der Waals surface area contributed by atoms with E-state index in [0.717, 1.165) is 0 Å². The predicted molar refractivity (Wildman–Crippen MR) is 67.9 cm³/mol. The van der Waals surface area contributed by atoms with E-state index in [0.29, 0.717) is 11.3 Å². The number of anilines is 1. The molecule has 1 amide bonds. The Morgan fingerprint density at radius 1 is 1.32 bits per heavy atom. The number of benzene rings is 1. The lowest BCUT2D eigenvalue weighted by atomic mass is 10.2. The number of aromatic nitrogens is 1. The highest BCUT2D eigenvalue weighted by Gasteiger charge is 2.06. The fourth-order valence-electron chi connectivity index (χ4n) is 1.50. The number of ether oxygens (including phenoxy) is 1. The maximum Gasteiger partial charge on any atom is 0.250 e. The number of carbonyl (C=O) groups is 1.